The largest absolute Gasteiger partial charge is 0.444 e. The molecule has 0 radical (unpaired) electrons. The van der Waals surface area contributed by atoms with Crippen molar-refractivity contribution < 1.29 is 18.8 Å². The maximum atomic E-state index is 12.1. The van der Waals surface area contributed by atoms with Crippen molar-refractivity contribution in [1.29, 1.82) is 0 Å². The van der Waals surface area contributed by atoms with E-state index in [0.717, 1.165) is 0 Å². The summed E-state index contributed by atoms with van der Waals surface area (Å²) in [5.74, 6) is -0.857. The molecule has 1 rings (SSSR count). The van der Waals surface area contributed by atoms with Crippen LogP contribution in [0.1, 0.15) is 31.3 Å². The van der Waals surface area contributed by atoms with Gasteiger partial charge in [0.15, 0.2) is 10.4 Å². The summed E-state index contributed by atoms with van der Waals surface area (Å²) in [7, 11) is 3.02. The van der Waals surface area contributed by atoms with Gasteiger partial charge in [0.1, 0.15) is 0 Å². The molecule has 1 N–H and O–H groups in total. The Morgan fingerprint density at radius 3 is 2.22 bits per heavy atom. The SMILES string of the molecule is CN(CC(=O)NC(C)(C)C)C(=O)CN(C)C(=O)c1ccc(Br)o1. The van der Waals surface area contributed by atoms with Crippen LogP contribution in [0.3, 0.4) is 0 Å². The van der Waals surface area contributed by atoms with E-state index >= 15 is 0 Å². The minimum atomic E-state index is -0.406. The van der Waals surface area contributed by atoms with Gasteiger partial charge >= 0.3 is 0 Å². The maximum Gasteiger partial charge on any atom is 0.289 e. The van der Waals surface area contributed by atoms with Gasteiger partial charge in [-0.1, -0.05) is 0 Å². The molecule has 0 aliphatic carbocycles. The van der Waals surface area contributed by atoms with Crippen LogP contribution in [0.25, 0.3) is 0 Å². The van der Waals surface area contributed by atoms with Crippen molar-refractivity contribution in [2.24, 2.45) is 0 Å². The lowest BCUT2D eigenvalue weighted by Crippen LogP contribution is -2.48. The van der Waals surface area contributed by atoms with Crippen molar-refractivity contribution >= 4 is 33.7 Å². The molecule has 1 aromatic rings. The maximum absolute atomic E-state index is 12.1. The van der Waals surface area contributed by atoms with Crippen molar-refractivity contribution in [3.8, 4) is 0 Å². The van der Waals surface area contributed by atoms with Gasteiger partial charge < -0.3 is 19.5 Å². The lowest BCUT2D eigenvalue weighted by molar-refractivity contribution is -0.135. The quantitative estimate of drug-likeness (QED) is 0.829. The zero-order valence-corrected chi connectivity index (χ0v) is 15.6. The molecule has 0 aliphatic rings. The van der Waals surface area contributed by atoms with Crippen LogP contribution < -0.4 is 5.32 Å². The molecule has 1 heterocycles. The number of nitrogens with zero attached hydrogens (tertiary/aromatic N) is 2. The van der Waals surface area contributed by atoms with E-state index in [0.29, 0.717) is 4.67 Å². The molecule has 0 spiro atoms. The third-order valence-corrected chi connectivity index (χ3v) is 3.25. The number of hydrogen-bond acceptors (Lipinski definition) is 4. The van der Waals surface area contributed by atoms with E-state index in [4.69, 9.17) is 4.42 Å². The molecule has 0 unspecified atom stereocenters. The Hall–Kier alpha value is -1.83. The number of nitrogens with one attached hydrogen (secondary N) is 1. The highest BCUT2D eigenvalue weighted by Gasteiger charge is 2.22. The topological polar surface area (TPSA) is 82.9 Å². The van der Waals surface area contributed by atoms with E-state index in [-0.39, 0.29) is 36.2 Å². The molecule has 7 nitrogen and oxygen atoms in total. The summed E-state index contributed by atoms with van der Waals surface area (Å²) in [5.41, 5.74) is -0.361. The molecule has 0 bridgehead atoms. The zero-order chi connectivity index (χ0) is 17.8. The second-order valence-electron chi connectivity index (χ2n) is 6.31. The van der Waals surface area contributed by atoms with E-state index in [9.17, 15) is 14.4 Å². The van der Waals surface area contributed by atoms with E-state index in [2.05, 4.69) is 21.2 Å². The van der Waals surface area contributed by atoms with Crippen molar-refractivity contribution in [3.05, 3.63) is 22.6 Å². The van der Waals surface area contributed by atoms with E-state index in [1.54, 1.807) is 6.07 Å². The Balaban J connectivity index is 2.54. The Kier molecular flexibility index (Phi) is 6.37. The van der Waals surface area contributed by atoms with Crippen molar-refractivity contribution in [1.82, 2.24) is 15.1 Å². The predicted molar refractivity (Wildman–Crippen MR) is 88.9 cm³/mol. The number of carbonyl (C=O) groups excluding carboxylic acids is 3. The summed E-state index contributed by atoms with van der Waals surface area (Å²) in [5, 5.41) is 2.78. The lowest BCUT2D eigenvalue weighted by Gasteiger charge is -2.24. The molecule has 0 atom stereocenters. The van der Waals surface area contributed by atoms with Gasteiger partial charge in [-0.05, 0) is 48.8 Å². The van der Waals surface area contributed by atoms with Crippen LogP contribution in [0.2, 0.25) is 0 Å². The fraction of sp³-hybridized carbons (Fsp3) is 0.533. The molecule has 0 aliphatic heterocycles. The van der Waals surface area contributed by atoms with Crippen LogP contribution in [0.15, 0.2) is 21.2 Å². The molecule has 0 saturated carbocycles. The first-order chi connectivity index (χ1) is 10.5. The van der Waals surface area contributed by atoms with Crippen LogP contribution in [-0.4, -0.2) is 60.2 Å². The molecule has 8 heteroatoms. The van der Waals surface area contributed by atoms with Crippen LogP contribution in [-0.2, 0) is 9.59 Å². The first kappa shape index (κ1) is 19.2. The third-order valence-electron chi connectivity index (χ3n) is 2.82. The summed E-state index contributed by atoms with van der Waals surface area (Å²) in [6.45, 7) is 5.38. The average Bonchev–Trinajstić information content (AvgIpc) is 2.81. The molecular formula is C15H22BrN3O4. The highest BCUT2D eigenvalue weighted by molar-refractivity contribution is 9.10. The molecule has 3 amide bonds. The molecule has 23 heavy (non-hydrogen) atoms. The molecule has 128 valence electrons. The smallest absolute Gasteiger partial charge is 0.289 e. The summed E-state index contributed by atoms with van der Waals surface area (Å²) >= 11 is 3.12. The second-order valence-corrected chi connectivity index (χ2v) is 7.09. The van der Waals surface area contributed by atoms with Gasteiger partial charge in [-0.3, -0.25) is 14.4 Å². The monoisotopic (exact) mass is 387 g/mol. The number of likely N-dealkylation sites (N-methyl/N-ethyl adjacent to an activating group) is 2. The Bertz CT molecular complexity index is 592. The van der Waals surface area contributed by atoms with Gasteiger partial charge in [-0.2, -0.15) is 0 Å². The van der Waals surface area contributed by atoms with Gasteiger partial charge in [0.2, 0.25) is 11.8 Å². The summed E-state index contributed by atoms with van der Waals surface area (Å²) in [6, 6.07) is 3.12. The first-order valence-electron chi connectivity index (χ1n) is 7.05. The second kappa shape index (κ2) is 7.63. The summed E-state index contributed by atoms with van der Waals surface area (Å²) in [6.07, 6.45) is 0. The van der Waals surface area contributed by atoms with Gasteiger partial charge in [0.25, 0.3) is 5.91 Å². The van der Waals surface area contributed by atoms with E-state index < -0.39 is 5.91 Å². The summed E-state index contributed by atoms with van der Waals surface area (Å²) in [4.78, 5) is 38.5. The van der Waals surface area contributed by atoms with Crippen molar-refractivity contribution in [2.45, 2.75) is 26.3 Å². The minimum absolute atomic E-state index is 0.0650. The first-order valence-corrected chi connectivity index (χ1v) is 7.84. The number of hydrogen-bond donors (Lipinski definition) is 1. The van der Waals surface area contributed by atoms with Gasteiger partial charge in [0.05, 0.1) is 13.1 Å². The molecule has 1 aromatic heterocycles. The summed E-state index contributed by atoms with van der Waals surface area (Å²) < 4.78 is 5.61. The number of amides is 3. The minimum Gasteiger partial charge on any atom is -0.444 e. The zero-order valence-electron chi connectivity index (χ0n) is 14.0. The molecule has 0 aromatic carbocycles. The van der Waals surface area contributed by atoms with Crippen LogP contribution in [0.5, 0.6) is 0 Å². The Morgan fingerprint density at radius 2 is 1.74 bits per heavy atom. The van der Waals surface area contributed by atoms with Crippen LogP contribution in [0.4, 0.5) is 0 Å². The van der Waals surface area contributed by atoms with E-state index in [1.807, 2.05) is 20.8 Å². The molecular weight excluding hydrogens is 366 g/mol. The highest BCUT2D eigenvalue weighted by atomic mass is 79.9. The molecule has 0 fully saturated rings. The fourth-order valence-electron chi connectivity index (χ4n) is 1.77. The van der Waals surface area contributed by atoms with Gasteiger partial charge in [-0.15, -0.1) is 0 Å². The van der Waals surface area contributed by atoms with Gasteiger partial charge in [-0.25, -0.2) is 0 Å². The van der Waals surface area contributed by atoms with E-state index in [1.165, 1.54) is 30.0 Å². The van der Waals surface area contributed by atoms with Crippen molar-refractivity contribution in [2.75, 3.05) is 27.2 Å². The van der Waals surface area contributed by atoms with Crippen molar-refractivity contribution in [3.63, 3.8) is 0 Å². The fourth-order valence-corrected chi connectivity index (χ4v) is 2.08. The third kappa shape index (κ3) is 6.43. The Labute approximate surface area is 144 Å². The predicted octanol–water partition coefficient (Wildman–Crippen LogP) is 1.49. The number of carbonyl (C=O) groups is 3. The standard InChI is InChI=1S/C15H22BrN3O4/c1-15(2,3)17-12(20)8-18(4)13(21)9-19(5)14(22)10-6-7-11(16)23-10/h6-7H,8-9H2,1-5H3,(H,17,20). The van der Waals surface area contributed by atoms with Gasteiger partial charge in [0, 0.05) is 19.6 Å². The number of rotatable bonds is 5. The molecule has 0 saturated heterocycles. The lowest BCUT2D eigenvalue weighted by atomic mass is 10.1. The highest BCUT2D eigenvalue weighted by Crippen LogP contribution is 2.15. The van der Waals surface area contributed by atoms with Crippen LogP contribution in [0, 0.1) is 0 Å². The normalized spacial score (nSPS) is 11.0. The number of furan rings is 1. The number of halogens is 1. The van der Waals surface area contributed by atoms with Crippen LogP contribution >= 0.6 is 15.9 Å². The average molecular weight is 388 g/mol. The Morgan fingerprint density at radius 1 is 1.13 bits per heavy atom.